The lowest BCUT2D eigenvalue weighted by Crippen LogP contribution is -2.29. The van der Waals surface area contributed by atoms with E-state index in [9.17, 15) is 9.59 Å². The minimum Gasteiger partial charge on any atom is -0.493 e. The van der Waals surface area contributed by atoms with Gasteiger partial charge in [0.2, 0.25) is 10.9 Å². The van der Waals surface area contributed by atoms with Crippen LogP contribution in [0.4, 0.5) is 5.13 Å². The summed E-state index contributed by atoms with van der Waals surface area (Å²) >= 11 is 1.29. The molecule has 1 aliphatic rings. The number of carbonyl (C=O) groups excluding carboxylic acids is 2. The summed E-state index contributed by atoms with van der Waals surface area (Å²) in [5.74, 6) is 0.666. The number of imide groups is 1. The first-order chi connectivity index (χ1) is 17.5. The van der Waals surface area contributed by atoms with E-state index in [4.69, 9.17) is 19.2 Å². The van der Waals surface area contributed by atoms with Crippen LogP contribution in [0.25, 0.3) is 21.7 Å². The maximum absolute atomic E-state index is 13.2. The van der Waals surface area contributed by atoms with Gasteiger partial charge in [-0.15, -0.1) is 0 Å². The van der Waals surface area contributed by atoms with Crippen LogP contribution < -0.4 is 19.1 Å². The Morgan fingerprint density at radius 3 is 1.89 bits per heavy atom. The molecule has 8 heteroatoms. The van der Waals surface area contributed by atoms with Crippen molar-refractivity contribution in [2.45, 2.75) is 13.3 Å². The van der Waals surface area contributed by atoms with E-state index in [2.05, 4.69) is 19.1 Å². The number of carbonyl (C=O) groups is 2. The van der Waals surface area contributed by atoms with E-state index in [-0.39, 0.29) is 11.8 Å². The predicted molar refractivity (Wildman–Crippen MR) is 140 cm³/mol. The summed E-state index contributed by atoms with van der Waals surface area (Å²) < 4.78 is 16.6. The first kappa shape index (κ1) is 23.6. The number of methoxy groups -OCH3 is 3. The molecule has 7 nitrogen and oxygen atoms in total. The number of aromatic nitrogens is 1. The lowest BCUT2D eigenvalue weighted by atomic mass is 10.0. The fraction of sp³-hybridized carbons (Fsp3) is 0.179. The van der Waals surface area contributed by atoms with Crippen molar-refractivity contribution in [2.75, 3.05) is 26.2 Å². The van der Waals surface area contributed by atoms with Crippen molar-refractivity contribution < 1.29 is 23.8 Å². The second kappa shape index (κ2) is 9.47. The molecule has 0 saturated carbocycles. The zero-order chi connectivity index (χ0) is 25.4. The molecule has 2 heterocycles. The molecule has 4 aromatic rings. The quantitative estimate of drug-likeness (QED) is 0.296. The van der Waals surface area contributed by atoms with Gasteiger partial charge < -0.3 is 14.2 Å². The Bertz CT molecular complexity index is 1420. The molecule has 1 aromatic heterocycles. The monoisotopic (exact) mass is 500 g/mol. The van der Waals surface area contributed by atoms with Crippen LogP contribution in [0.5, 0.6) is 17.2 Å². The topological polar surface area (TPSA) is 78.0 Å². The number of rotatable bonds is 7. The highest BCUT2D eigenvalue weighted by Crippen LogP contribution is 2.46. The number of anilines is 1. The zero-order valence-corrected chi connectivity index (χ0v) is 21.1. The van der Waals surface area contributed by atoms with Gasteiger partial charge in [0, 0.05) is 5.56 Å². The molecule has 182 valence electrons. The number of benzene rings is 3. The predicted octanol–water partition coefficient (Wildman–Crippen LogP) is 5.87. The Balaban J connectivity index is 1.70. The van der Waals surface area contributed by atoms with E-state index >= 15 is 0 Å². The van der Waals surface area contributed by atoms with E-state index < -0.39 is 0 Å². The normalized spacial score (nSPS) is 12.6. The third-order valence-electron chi connectivity index (χ3n) is 6.16. The Hall–Kier alpha value is -4.17. The van der Waals surface area contributed by atoms with E-state index in [1.165, 1.54) is 16.9 Å². The largest absolute Gasteiger partial charge is 0.493 e. The van der Waals surface area contributed by atoms with Gasteiger partial charge in [0.1, 0.15) is 0 Å². The van der Waals surface area contributed by atoms with Crippen LogP contribution in [0, 0.1) is 0 Å². The molecule has 1 aliphatic heterocycles. The summed E-state index contributed by atoms with van der Waals surface area (Å²) in [4.78, 5) is 33.2. The molecule has 36 heavy (non-hydrogen) atoms. The van der Waals surface area contributed by atoms with Crippen LogP contribution in [-0.2, 0) is 6.42 Å². The Morgan fingerprint density at radius 2 is 1.39 bits per heavy atom. The number of fused-ring (bicyclic) bond motifs is 1. The third-order valence-corrected chi connectivity index (χ3v) is 7.25. The van der Waals surface area contributed by atoms with Gasteiger partial charge in [-0.05, 0) is 41.8 Å². The highest BCUT2D eigenvalue weighted by Gasteiger charge is 2.39. The summed E-state index contributed by atoms with van der Waals surface area (Å²) in [5, 5.41) is 0.305. The molecular formula is C28H24N2O5S. The van der Waals surface area contributed by atoms with E-state index in [0.29, 0.717) is 44.8 Å². The van der Waals surface area contributed by atoms with Crippen molar-refractivity contribution in [2.24, 2.45) is 0 Å². The molecule has 2 amide bonds. The number of thiazole rings is 1. The van der Waals surface area contributed by atoms with Gasteiger partial charge in [-0.2, -0.15) is 0 Å². The van der Waals surface area contributed by atoms with Gasteiger partial charge in [0.25, 0.3) is 11.8 Å². The van der Waals surface area contributed by atoms with Gasteiger partial charge in [-0.1, -0.05) is 54.7 Å². The van der Waals surface area contributed by atoms with Gasteiger partial charge in [0.05, 0.1) is 43.0 Å². The molecular weight excluding hydrogens is 476 g/mol. The lowest BCUT2D eigenvalue weighted by molar-refractivity contribution is 0.0926. The van der Waals surface area contributed by atoms with Crippen molar-refractivity contribution in [3.05, 3.63) is 77.4 Å². The fourth-order valence-electron chi connectivity index (χ4n) is 4.27. The molecule has 3 aromatic carbocycles. The van der Waals surface area contributed by atoms with Crippen molar-refractivity contribution in [1.29, 1.82) is 0 Å². The number of ether oxygens (including phenoxy) is 3. The number of amides is 2. The Labute approximate surface area is 212 Å². The first-order valence-corrected chi connectivity index (χ1v) is 12.2. The number of hydrogen-bond donors (Lipinski definition) is 0. The fourth-order valence-corrected chi connectivity index (χ4v) is 5.36. The highest BCUT2D eigenvalue weighted by atomic mass is 32.1. The van der Waals surface area contributed by atoms with E-state index in [1.54, 1.807) is 45.6 Å². The molecule has 0 aliphatic carbocycles. The Kier molecular flexibility index (Phi) is 6.20. The second-order valence-corrected chi connectivity index (χ2v) is 9.11. The average Bonchev–Trinajstić information content (AvgIpc) is 3.46. The summed E-state index contributed by atoms with van der Waals surface area (Å²) in [6.45, 7) is 2.10. The van der Waals surface area contributed by atoms with Crippen LogP contribution in [-0.4, -0.2) is 38.1 Å². The van der Waals surface area contributed by atoms with Crippen LogP contribution in [0.1, 0.15) is 33.2 Å². The molecule has 0 unspecified atom stereocenters. The van der Waals surface area contributed by atoms with Gasteiger partial charge >= 0.3 is 0 Å². The van der Waals surface area contributed by atoms with Crippen molar-refractivity contribution in [3.8, 4) is 38.9 Å². The molecule has 0 N–H and O–H groups in total. The summed E-state index contributed by atoms with van der Waals surface area (Å²) in [6.07, 6.45) is 0.920. The molecule has 0 fully saturated rings. The highest BCUT2D eigenvalue weighted by molar-refractivity contribution is 7.20. The Morgan fingerprint density at radius 1 is 0.806 bits per heavy atom. The van der Waals surface area contributed by atoms with Crippen LogP contribution in [0.15, 0.2) is 60.7 Å². The van der Waals surface area contributed by atoms with E-state index in [0.717, 1.165) is 21.8 Å². The van der Waals surface area contributed by atoms with Crippen molar-refractivity contribution >= 4 is 28.3 Å². The summed E-state index contributed by atoms with van der Waals surface area (Å²) in [5.41, 5.74) is 4.20. The third kappa shape index (κ3) is 3.79. The maximum Gasteiger partial charge on any atom is 0.268 e. The average molecular weight is 501 g/mol. The summed E-state index contributed by atoms with van der Waals surface area (Å²) in [6, 6.07) is 18.6. The minimum atomic E-state index is -0.381. The minimum absolute atomic E-state index is 0.305. The molecule has 0 bridgehead atoms. The molecule has 0 saturated heterocycles. The molecule has 0 atom stereocenters. The zero-order valence-electron chi connectivity index (χ0n) is 20.3. The van der Waals surface area contributed by atoms with Gasteiger partial charge in [0.15, 0.2) is 11.5 Å². The van der Waals surface area contributed by atoms with Crippen molar-refractivity contribution in [3.63, 3.8) is 0 Å². The van der Waals surface area contributed by atoms with Crippen LogP contribution in [0.3, 0.4) is 0 Å². The standard InChI is InChI=1S/C28H24N2O5S/c1-5-16-10-12-17(13-11-16)25-23(18-14-21(33-2)24(35-4)22(15-18)34-3)29-28(36-25)30-26(31)19-8-6-7-9-20(19)27(30)32/h6-15H,5H2,1-4H3. The molecule has 5 rings (SSSR count). The van der Waals surface area contributed by atoms with Crippen molar-refractivity contribution in [1.82, 2.24) is 4.98 Å². The van der Waals surface area contributed by atoms with Crippen LogP contribution >= 0.6 is 11.3 Å². The van der Waals surface area contributed by atoms with Crippen LogP contribution in [0.2, 0.25) is 0 Å². The number of hydrogen-bond acceptors (Lipinski definition) is 7. The van der Waals surface area contributed by atoms with Gasteiger partial charge in [-0.3, -0.25) is 9.59 Å². The second-order valence-electron chi connectivity index (χ2n) is 8.13. The molecule has 0 radical (unpaired) electrons. The SMILES string of the molecule is CCc1ccc(-c2sc(N3C(=O)c4ccccc4C3=O)nc2-c2cc(OC)c(OC)c(OC)c2)cc1. The maximum atomic E-state index is 13.2. The smallest absolute Gasteiger partial charge is 0.268 e. The van der Waals surface area contributed by atoms with Gasteiger partial charge in [-0.25, -0.2) is 9.88 Å². The number of nitrogens with zero attached hydrogens (tertiary/aromatic N) is 2. The molecule has 0 spiro atoms. The number of aryl methyl sites for hydroxylation is 1. The summed E-state index contributed by atoms with van der Waals surface area (Å²) in [7, 11) is 4.65. The first-order valence-electron chi connectivity index (χ1n) is 11.4. The van der Waals surface area contributed by atoms with E-state index in [1.807, 2.05) is 24.3 Å². The lowest BCUT2D eigenvalue weighted by Gasteiger charge is -2.14.